The monoisotopic (exact) mass is 471 g/mol. The molecule has 10 heteroatoms. The fraction of sp³-hybridized carbons (Fsp3) is 0.455. The predicted octanol–water partition coefficient (Wildman–Crippen LogP) is 5.02. The summed E-state index contributed by atoms with van der Waals surface area (Å²) in [5, 5.41) is 3.09. The molecule has 0 saturated carbocycles. The Balaban J connectivity index is 1.84. The summed E-state index contributed by atoms with van der Waals surface area (Å²) >= 11 is 0. The summed E-state index contributed by atoms with van der Waals surface area (Å²) in [4.78, 5) is 2.21. The van der Waals surface area contributed by atoms with Crippen LogP contribution in [0.3, 0.4) is 0 Å². The molecule has 0 amide bonds. The van der Waals surface area contributed by atoms with Gasteiger partial charge in [-0.1, -0.05) is 26.0 Å². The van der Waals surface area contributed by atoms with E-state index >= 15 is 0 Å². The van der Waals surface area contributed by atoms with E-state index in [4.69, 9.17) is 0 Å². The maximum absolute atomic E-state index is 12.9. The third kappa shape index (κ3) is 6.52. The van der Waals surface area contributed by atoms with Crippen LogP contribution in [-0.4, -0.2) is 45.9 Å². The zero-order valence-electron chi connectivity index (χ0n) is 18.2. The van der Waals surface area contributed by atoms with Gasteiger partial charge in [0, 0.05) is 6.04 Å². The van der Waals surface area contributed by atoms with E-state index in [9.17, 15) is 21.6 Å². The second-order valence-corrected chi connectivity index (χ2v) is 9.99. The van der Waals surface area contributed by atoms with E-state index < -0.39 is 22.1 Å². The number of anilines is 2. The maximum Gasteiger partial charge on any atom is 0.573 e. The molecule has 32 heavy (non-hydrogen) atoms. The predicted molar refractivity (Wildman–Crippen MR) is 119 cm³/mol. The van der Waals surface area contributed by atoms with Crippen LogP contribution in [-0.2, 0) is 10.0 Å². The largest absolute Gasteiger partial charge is 0.573 e. The minimum absolute atomic E-state index is 0.0442. The van der Waals surface area contributed by atoms with Crippen molar-refractivity contribution in [3.05, 3.63) is 48.0 Å². The van der Waals surface area contributed by atoms with Crippen LogP contribution in [0.25, 0.3) is 0 Å². The number of nitrogens with zero attached hydrogens (tertiary/aromatic N) is 1. The Hall–Kier alpha value is -2.46. The standard InChI is InChI=1S/C22H28F3N3O3S/c1-15(2)16-4-7-19(8-5-16)32(29,30)27-18-6-9-21(31-22(23,24)25)20(14-18)26-17-10-12-28(3)13-11-17/h4-9,14-15,17,26-27H,10-13H2,1-3H3. The lowest BCUT2D eigenvalue weighted by molar-refractivity contribution is -0.274. The van der Waals surface area contributed by atoms with E-state index in [0.29, 0.717) is 0 Å². The molecule has 0 bridgehead atoms. The van der Waals surface area contributed by atoms with Crippen molar-refractivity contribution < 1.29 is 26.3 Å². The number of benzene rings is 2. The van der Waals surface area contributed by atoms with E-state index in [-0.39, 0.29) is 28.2 Å². The molecule has 176 valence electrons. The number of halogens is 3. The molecular formula is C22H28F3N3O3S. The Morgan fingerprint density at radius 3 is 2.25 bits per heavy atom. The van der Waals surface area contributed by atoms with Crippen molar-refractivity contribution in [2.24, 2.45) is 0 Å². The topological polar surface area (TPSA) is 70.7 Å². The smallest absolute Gasteiger partial charge is 0.404 e. The van der Waals surface area contributed by atoms with Crippen LogP contribution >= 0.6 is 0 Å². The number of piperidine rings is 1. The molecular weight excluding hydrogens is 443 g/mol. The molecule has 1 saturated heterocycles. The molecule has 2 N–H and O–H groups in total. The Labute approximate surface area is 186 Å². The van der Waals surface area contributed by atoms with Gasteiger partial charge in [0.1, 0.15) is 0 Å². The minimum Gasteiger partial charge on any atom is -0.404 e. The molecule has 1 aliphatic rings. The van der Waals surface area contributed by atoms with Crippen LogP contribution in [0.5, 0.6) is 5.75 Å². The molecule has 1 fully saturated rings. The number of rotatable bonds is 7. The van der Waals surface area contributed by atoms with Crippen LogP contribution in [0.1, 0.15) is 38.2 Å². The Bertz CT molecular complexity index is 1020. The van der Waals surface area contributed by atoms with Gasteiger partial charge >= 0.3 is 6.36 Å². The summed E-state index contributed by atoms with van der Waals surface area (Å²) in [6.45, 7) is 5.63. The summed E-state index contributed by atoms with van der Waals surface area (Å²) < 4.78 is 70.8. The first-order valence-corrected chi connectivity index (χ1v) is 11.9. The number of alkyl halides is 3. The van der Waals surface area contributed by atoms with Crippen molar-refractivity contribution >= 4 is 21.4 Å². The van der Waals surface area contributed by atoms with E-state index in [1.165, 1.54) is 24.3 Å². The van der Waals surface area contributed by atoms with Gasteiger partial charge in [0.15, 0.2) is 5.75 Å². The Morgan fingerprint density at radius 1 is 1.06 bits per heavy atom. The summed E-state index contributed by atoms with van der Waals surface area (Å²) in [6.07, 6.45) is -3.36. The third-order valence-corrected chi connectivity index (χ3v) is 6.79. The highest BCUT2D eigenvalue weighted by atomic mass is 32.2. The highest BCUT2D eigenvalue weighted by Gasteiger charge is 2.32. The molecule has 6 nitrogen and oxygen atoms in total. The van der Waals surface area contributed by atoms with Gasteiger partial charge < -0.3 is 15.0 Å². The molecule has 2 aromatic rings. The minimum atomic E-state index is -4.86. The van der Waals surface area contributed by atoms with Crippen LogP contribution in [0.2, 0.25) is 0 Å². The van der Waals surface area contributed by atoms with E-state index in [1.54, 1.807) is 12.1 Å². The van der Waals surface area contributed by atoms with Gasteiger partial charge in [-0.25, -0.2) is 8.42 Å². The number of ether oxygens (including phenoxy) is 1. The first-order chi connectivity index (χ1) is 14.9. The van der Waals surface area contributed by atoms with Crippen molar-refractivity contribution in [3.63, 3.8) is 0 Å². The quantitative estimate of drug-likeness (QED) is 0.594. The summed E-state index contributed by atoms with van der Waals surface area (Å²) in [6, 6.07) is 10.2. The molecule has 0 spiro atoms. The van der Waals surface area contributed by atoms with Crippen LogP contribution < -0.4 is 14.8 Å². The van der Waals surface area contributed by atoms with E-state index in [1.807, 2.05) is 20.9 Å². The molecule has 0 atom stereocenters. The molecule has 3 rings (SSSR count). The van der Waals surface area contributed by atoms with E-state index in [0.717, 1.165) is 37.6 Å². The van der Waals surface area contributed by atoms with Gasteiger partial charge in [-0.15, -0.1) is 13.2 Å². The number of hydrogen-bond donors (Lipinski definition) is 2. The number of hydrogen-bond acceptors (Lipinski definition) is 5. The molecule has 0 aromatic heterocycles. The van der Waals surface area contributed by atoms with Crippen molar-refractivity contribution in [1.29, 1.82) is 0 Å². The number of nitrogens with one attached hydrogen (secondary N) is 2. The molecule has 0 unspecified atom stereocenters. The molecule has 1 aliphatic heterocycles. The van der Waals surface area contributed by atoms with Gasteiger partial charge in [0.25, 0.3) is 10.0 Å². The molecule has 0 aliphatic carbocycles. The van der Waals surface area contributed by atoms with Crippen LogP contribution in [0.15, 0.2) is 47.4 Å². The summed E-state index contributed by atoms with van der Waals surface area (Å²) in [5.41, 5.74) is 1.23. The number of likely N-dealkylation sites (tertiary alicyclic amines) is 1. The van der Waals surface area contributed by atoms with Gasteiger partial charge in [0.05, 0.1) is 16.3 Å². The van der Waals surface area contributed by atoms with Crippen molar-refractivity contribution in [2.45, 2.75) is 49.9 Å². The van der Waals surface area contributed by atoms with E-state index in [2.05, 4.69) is 19.7 Å². The fourth-order valence-electron chi connectivity index (χ4n) is 3.54. The third-order valence-electron chi connectivity index (χ3n) is 5.39. The summed E-state index contributed by atoms with van der Waals surface area (Å²) in [7, 11) is -1.92. The lowest BCUT2D eigenvalue weighted by Crippen LogP contribution is -2.36. The normalized spacial score (nSPS) is 16.2. The highest BCUT2D eigenvalue weighted by molar-refractivity contribution is 7.92. The SMILES string of the molecule is CC(C)c1ccc(S(=O)(=O)Nc2ccc(OC(F)(F)F)c(NC3CCN(C)CC3)c2)cc1. The number of sulfonamides is 1. The Morgan fingerprint density at radius 2 is 1.69 bits per heavy atom. The average Bonchev–Trinajstić information content (AvgIpc) is 2.70. The lowest BCUT2D eigenvalue weighted by Gasteiger charge is -2.30. The van der Waals surface area contributed by atoms with Crippen LogP contribution in [0, 0.1) is 0 Å². The van der Waals surface area contributed by atoms with Crippen molar-refractivity contribution in [2.75, 3.05) is 30.2 Å². The zero-order chi connectivity index (χ0) is 23.5. The zero-order valence-corrected chi connectivity index (χ0v) is 19.1. The van der Waals surface area contributed by atoms with Crippen LogP contribution in [0.4, 0.5) is 24.5 Å². The van der Waals surface area contributed by atoms with Gasteiger partial charge in [-0.3, -0.25) is 4.72 Å². The Kier molecular flexibility index (Phi) is 7.24. The van der Waals surface area contributed by atoms with Gasteiger partial charge in [-0.2, -0.15) is 0 Å². The highest BCUT2D eigenvalue weighted by Crippen LogP contribution is 2.34. The molecule has 1 heterocycles. The second-order valence-electron chi connectivity index (χ2n) is 8.31. The first kappa shape index (κ1) is 24.2. The van der Waals surface area contributed by atoms with Gasteiger partial charge in [-0.05, 0) is 74.8 Å². The second kappa shape index (κ2) is 9.58. The van der Waals surface area contributed by atoms with Gasteiger partial charge in [0.2, 0.25) is 0 Å². The first-order valence-electron chi connectivity index (χ1n) is 10.4. The fourth-order valence-corrected chi connectivity index (χ4v) is 4.59. The molecule has 2 aromatic carbocycles. The molecule has 0 radical (unpaired) electrons. The average molecular weight is 472 g/mol. The maximum atomic E-state index is 12.9. The summed E-state index contributed by atoms with van der Waals surface area (Å²) in [5.74, 6) is -0.144. The van der Waals surface area contributed by atoms with Crippen molar-refractivity contribution in [1.82, 2.24) is 4.90 Å². The van der Waals surface area contributed by atoms with Crippen molar-refractivity contribution in [3.8, 4) is 5.75 Å². The lowest BCUT2D eigenvalue weighted by atomic mass is 10.0.